The summed E-state index contributed by atoms with van der Waals surface area (Å²) in [5.74, 6) is 0. The van der Waals surface area contributed by atoms with Crippen LogP contribution in [0.4, 0.5) is 0 Å². The molecule has 2 rings (SSSR count). The molecule has 0 spiro atoms. The van der Waals surface area contributed by atoms with Crippen LogP contribution < -0.4 is 5.32 Å². The normalized spacial score (nSPS) is 16.6. The fourth-order valence-corrected chi connectivity index (χ4v) is 2.42. The lowest BCUT2D eigenvalue weighted by Gasteiger charge is -2.30. The lowest BCUT2D eigenvalue weighted by Crippen LogP contribution is -2.45. The van der Waals surface area contributed by atoms with Crippen molar-refractivity contribution < 1.29 is 0 Å². The van der Waals surface area contributed by atoms with E-state index in [0.717, 1.165) is 24.7 Å². The first-order valence-electron chi connectivity index (χ1n) is 6.59. The number of thiocarbonyl (C=S) groups is 1. The second-order valence-electron chi connectivity index (χ2n) is 5.95. The Balaban J connectivity index is 2.04. The summed E-state index contributed by atoms with van der Waals surface area (Å²) in [7, 11) is 0. The first-order valence-corrected chi connectivity index (χ1v) is 7.00. The van der Waals surface area contributed by atoms with Gasteiger partial charge in [-0.15, -0.1) is 0 Å². The van der Waals surface area contributed by atoms with Crippen molar-refractivity contribution in [3.05, 3.63) is 35.4 Å². The Bertz CT molecular complexity index is 417. The van der Waals surface area contributed by atoms with Gasteiger partial charge in [-0.2, -0.15) is 0 Å². The number of nitrogens with one attached hydrogen (secondary N) is 1. The molecule has 1 aromatic rings. The van der Waals surface area contributed by atoms with Gasteiger partial charge in [0.15, 0.2) is 5.11 Å². The molecule has 0 unspecified atom stereocenters. The molecule has 0 saturated carbocycles. The number of hydrogen-bond donors (Lipinski definition) is 1. The van der Waals surface area contributed by atoms with Gasteiger partial charge < -0.3 is 10.2 Å². The molecule has 0 aliphatic carbocycles. The molecule has 0 radical (unpaired) electrons. The van der Waals surface area contributed by atoms with Gasteiger partial charge in [-0.25, -0.2) is 0 Å². The zero-order valence-electron chi connectivity index (χ0n) is 11.5. The molecule has 3 heteroatoms. The Labute approximate surface area is 115 Å². The van der Waals surface area contributed by atoms with Crippen molar-refractivity contribution >= 4 is 17.3 Å². The van der Waals surface area contributed by atoms with E-state index >= 15 is 0 Å². The van der Waals surface area contributed by atoms with Crippen LogP contribution in [0.1, 0.15) is 38.3 Å². The third-order valence-corrected chi connectivity index (χ3v) is 3.76. The summed E-state index contributed by atoms with van der Waals surface area (Å²) in [5.41, 5.74) is 2.93. The summed E-state index contributed by atoms with van der Waals surface area (Å²) >= 11 is 5.33. The predicted molar refractivity (Wildman–Crippen MR) is 80.8 cm³/mol. The molecule has 2 nitrogen and oxygen atoms in total. The van der Waals surface area contributed by atoms with Crippen LogP contribution in [-0.4, -0.2) is 23.1 Å². The molecule has 1 aromatic carbocycles. The standard InChI is InChI=1S/C15H22N2S/c1-15(2,3)13-7-5-12(6-8-13)11-17-10-4-9-16-14(17)18/h5-8H,4,9-11H2,1-3H3,(H,16,18). The lowest BCUT2D eigenvalue weighted by molar-refractivity contribution is 0.370. The SMILES string of the molecule is CC(C)(C)c1ccc(CN2CCCNC2=S)cc1. The van der Waals surface area contributed by atoms with Gasteiger partial charge in [0.2, 0.25) is 0 Å². The van der Waals surface area contributed by atoms with Crippen molar-refractivity contribution in [2.45, 2.75) is 39.2 Å². The van der Waals surface area contributed by atoms with Crippen LogP contribution in [0.25, 0.3) is 0 Å². The Morgan fingerprint density at radius 3 is 2.44 bits per heavy atom. The van der Waals surface area contributed by atoms with Gasteiger partial charge in [0.1, 0.15) is 0 Å². The highest BCUT2D eigenvalue weighted by molar-refractivity contribution is 7.80. The first kappa shape index (κ1) is 13.3. The molecule has 0 atom stereocenters. The third-order valence-electron chi connectivity index (χ3n) is 3.36. The molecule has 1 heterocycles. The molecule has 1 fully saturated rings. The second kappa shape index (κ2) is 5.27. The Morgan fingerprint density at radius 1 is 1.22 bits per heavy atom. The predicted octanol–water partition coefficient (Wildman–Crippen LogP) is 3.06. The summed E-state index contributed by atoms with van der Waals surface area (Å²) < 4.78 is 0. The van der Waals surface area contributed by atoms with Gasteiger partial charge >= 0.3 is 0 Å². The van der Waals surface area contributed by atoms with Crippen molar-refractivity contribution in [1.82, 2.24) is 10.2 Å². The average Bonchev–Trinajstić information content (AvgIpc) is 2.32. The number of hydrogen-bond acceptors (Lipinski definition) is 1. The van der Waals surface area contributed by atoms with Crippen LogP contribution in [-0.2, 0) is 12.0 Å². The Morgan fingerprint density at radius 2 is 1.89 bits per heavy atom. The van der Waals surface area contributed by atoms with E-state index in [9.17, 15) is 0 Å². The van der Waals surface area contributed by atoms with E-state index < -0.39 is 0 Å². The molecule has 18 heavy (non-hydrogen) atoms. The minimum Gasteiger partial charge on any atom is -0.362 e. The van der Waals surface area contributed by atoms with Gasteiger partial charge in [0.05, 0.1) is 0 Å². The molecule has 1 aliphatic rings. The molecule has 1 saturated heterocycles. The largest absolute Gasteiger partial charge is 0.362 e. The minimum absolute atomic E-state index is 0.223. The lowest BCUT2D eigenvalue weighted by atomic mass is 9.87. The van der Waals surface area contributed by atoms with E-state index in [2.05, 4.69) is 55.3 Å². The maximum Gasteiger partial charge on any atom is 0.169 e. The molecule has 1 N–H and O–H groups in total. The molecule has 0 bridgehead atoms. The highest BCUT2D eigenvalue weighted by atomic mass is 32.1. The third kappa shape index (κ3) is 3.22. The number of nitrogens with zero attached hydrogens (tertiary/aromatic N) is 1. The maximum atomic E-state index is 5.33. The average molecular weight is 262 g/mol. The van der Waals surface area contributed by atoms with E-state index in [-0.39, 0.29) is 5.41 Å². The number of benzene rings is 1. The fraction of sp³-hybridized carbons (Fsp3) is 0.533. The topological polar surface area (TPSA) is 15.3 Å². The Hall–Kier alpha value is -1.09. The quantitative estimate of drug-likeness (QED) is 0.825. The van der Waals surface area contributed by atoms with E-state index in [4.69, 9.17) is 12.2 Å². The van der Waals surface area contributed by atoms with Gasteiger partial charge in [0.25, 0.3) is 0 Å². The molecule has 0 aromatic heterocycles. The van der Waals surface area contributed by atoms with Crippen molar-refractivity contribution in [2.24, 2.45) is 0 Å². The highest BCUT2D eigenvalue weighted by Gasteiger charge is 2.16. The molecule has 1 aliphatic heterocycles. The van der Waals surface area contributed by atoms with E-state index in [1.165, 1.54) is 17.5 Å². The van der Waals surface area contributed by atoms with E-state index in [0.29, 0.717) is 0 Å². The first-order chi connectivity index (χ1) is 8.47. The fourth-order valence-electron chi connectivity index (χ4n) is 2.16. The maximum absolute atomic E-state index is 5.33. The monoisotopic (exact) mass is 262 g/mol. The summed E-state index contributed by atoms with van der Waals surface area (Å²) in [4.78, 5) is 2.24. The van der Waals surface area contributed by atoms with Crippen LogP contribution in [0.5, 0.6) is 0 Å². The van der Waals surface area contributed by atoms with Crippen LogP contribution in [0.2, 0.25) is 0 Å². The van der Waals surface area contributed by atoms with Crippen molar-refractivity contribution in [1.29, 1.82) is 0 Å². The van der Waals surface area contributed by atoms with Gasteiger partial charge in [0, 0.05) is 19.6 Å². The zero-order chi connectivity index (χ0) is 13.2. The van der Waals surface area contributed by atoms with Crippen LogP contribution in [0, 0.1) is 0 Å². The molecular weight excluding hydrogens is 240 g/mol. The highest BCUT2D eigenvalue weighted by Crippen LogP contribution is 2.22. The van der Waals surface area contributed by atoms with E-state index in [1.54, 1.807) is 0 Å². The smallest absolute Gasteiger partial charge is 0.169 e. The second-order valence-corrected chi connectivity index (χ2v) is 6.34. The summed E-state index contributed by atoms with van der Waals surface area (Å²) in [5, 5.41) is 4.14. The number of rotatable bonds is 2. The van der Waals surface area contributed by atoms with Crippen LogP contribution >= 0.6 is 12.2 Å². The molecule has 0 amide bonds. The Kier molecular flexibility index (Phi) is 3.91. The van der Waals surface area contributed by atoms with Crippen LogP contribution in [0.3, 0.4) is 0 Å². The zero-order valence-corrected chi connectivity index (χ0v) is 12.3. The van der Waals surface area contributed by atoms with Gasteiger partial charge in [-0.05, 0) is 35.2 Å². The van der Waals surface area contributed by atoms with Crippen LogP contribution in [0.15, 0.2) is 24.3 Å². The van der Waals surface area contributed by atoms with Gasteiger partial charge in [-0.3, -0.25) is 0 Å². The molecule has 98 valence electrons. The molecular formula is C15H22N2S. The van der Waals surface area contributed by atoms with Crippen molar-refractivity contribution in [2.75, 3.05) is 13.1 Å². The summed E-state index contributed by atoms with van der Waals surface area (Å²) in [6.07, 6.45) is 1.17. The van der Waals surface area contributed by atoms with Crippen molar-refractivity contribution in [3.8, 4) is 0 Å². The van der Waals surface area contributed by atoms with Gasteiger partial charge in [-0.1, -0.05) is 45.0 Å². The summed E-state index contributed by atoms with van der Waals surface area (Å²) in [6, 6.07) is 8.90. The van der Waals surface area contributed by atoms with Crippen molar-refractivity contribution in [3.63, 3.8) is 0 Å². The summed E-state index contributed by atoms with van der Waals surface area (Å²) in [6.45, 7) is 9.71. The van der Waals surface area contributed by atoms with E-state index in [1.807, 2.05) is 0 Å². The minimum atomic E-state index is 0.223.